The van der Waals surface area contributed by atoms with Crippen molar-refractivity contribution in [1.82, 2.24) is 10.3 Å². The number of hydrogen-bond donors (Lipinski definition) is 2. The molecule has 0 aliphatic heterocycles. The summed E-state index contributed by atoms with van der Waals surface area (Å²) in [5.41, 5.74) is 0.698. The third-order valence-electron chi connectivity index (χ3n) is 2.27. The van der Waals surface area contributed by atoms with Gasteiger partial charge in [0.2, 0.25) is 0 Å². The standard InChI is InChI=1S/C11H13F3N2O3/c1-19-10(18)7-2-3-8(16-4-7)5-15-6-9(17)11(12,13)14/h2-4,9,15,17H,5-6H2,1H3. The van der Waals surface area contributed by atoms with E-state index >= 15 is 0 Å². The lowest BCUT2D eigenvalue weighted by atomic mass is 10.2. The average Bonchev–Trinajstić information content (AvgIpc) is 2.37. The predicted octanol–water partition coefficient (Wildman–Crippen LogP) is 0.881. The topological polar surface area (TPSA) is 71.5 Å². The van der Waals surface area contributed by atoms with Crippen LogP contribution in [0.15, 0.2) is 18.3 Å². The maximum Gasteiger partial charge on any atom is 0.415 e. The summed E-state index contributed by atoms with van der Waals surface area (Å²) in [7, 11) is 1.23. The second kappa shape index (κ2) is 6.48. The van der Waals surface area contributed by atoms with E-state index in [1.54, 1.807) is 0 Å². The molecule has 0 spiro atoms. The number of esters is 1. The maximum atomic E-state index is 12.0. The van der Waals surface area contributed by atoms with E-state index in [1.165, 1.54) is 25.4 Å². The number of nitrogens with zero attached hydrogens (tertiary/aromatic N) is 1. The van der Waals surface area contributed by atoms with Crippen molar-refractivity contribution in [3.8, 4) is 0 Å². The molecule has 1 aromatic rings. The van der Waals surface area contributed by atoms with Gasteiger partial charge in [-0.2, -0.15) is 13.2 Å². The lowest BCUT2D eigenvalue weighted by Gasteiger charge is -2.14. The van der Waals surface area contributed by atoms with Crippen LogP contribution in [0.1, 0.15) is 16.1 Å². The van der Waals surface area contributed by atoms with Gasteiger partial charge in [-0.1, -0.05) is 0 Å². The third kappa shape index (κ3) is 4.84. The van der Waals surface area contributed by atoms with Crippen LogP contribution >= 0.6 is 0 Å². The molecule has 0 aliphatic rings. The molecule has 1 heterocycles. The molecule has 0 aliphatic carbocycles. The van der Waals surface area contributed by atoms with Crippen molar-refractivity contribution in [2.75, 3.05) is 13.7 Å². The number of aromatic nitrogens is 1. The van der Waals surface area contributed by atoms with Crippen LogP contribution in [-0.4, -0.2) is 42.0 Å². The van der Waals surface area contributed by atoms with Gasteiger partial charge in [0.15, 0.2) is 6.10 Å². The Morgan fingerprint density at radius 1 is 1.53 bits per heavy atom. The fourth-order valence-electron chi connectivity index (χ4n) is 1.22. The van der Waals surface area contributed by atoms with Gasteiger partial charge in [-0.15, -0.1) is 0 Å². The lowest BCUT2D eigenvalue weighted by Crippen LogP contribution is -2.38. The van der Waals surface area contributed by atoms with Crippen molar-refractivity contribution < 1.29 is 27.8 Å². The molecule has 0 radical (unpaired) electrons. The summed E-state index contributed by atoms with van der Waals surface area (Å²) < 4.78 is 40.5. The van der Waals surface area contributed by atoms with Crippen LogP contribution in [0.25, 0.3) is 0 Å². The van der Waals surface area contributed by atoms with Gasteiger partial charge in [0, 0.05) is 19.3 Å². The molecular weight excluding hydrogens is 265 g/mol. The molecule has 1 rings (SSSR count). The monoisotopic (exact) mass is 278 g/mol. The van der Waals surface area contributed by atoms with E-state index in [-0.39, 0.29) is 12.1 Å². The van der Waals surface area contributed by atoms with E-state index in [1.807, 2.05) is 0 Å². The summed E-state index contributed by atoms with van der Waals surface area (Å²) in [6.45, 7) is -0.571. The Kier molecular flexibility index (Phi) is 5.25. The first-order valence-corrected chi connectivity index (χ1v) is 5.33. The SMILES string of the molecule is COC(=O)c1ccc(CNCC(O)C(F)(F)F)nc1. The highest BCUT2D eigenvalue weighted by atomic mass is 19.4. The highest BCUT2D eigenvalue weighted by molar-refractivity contribution is 5.88. The molecule has 0 aromatic carbocycles. The van der Waals surface area contributed by atoms with Crippen LogP contribution in [0.3, 0.4) is 0 Å². The fraction of sp³-hybridized carbons (Fsp3) is 0.455. The normalized spacial score (nSPS) is 13.1. The average molecular weight is 278 g/mol. The highest BCUT2D eigenvalue weighted by Crippen LogP contribution is 2.19. The molecular formula is C11H13F3N2O3. The number of aliphatic hydroxyl groups excluding tert-OH is 1. The van der Waals surface area contributed by atoms with Gasteiger partial charge in [0.1, 0.15) is 0 Å². The zero-order valence-corrected chi connectivity index (χ0v) is 10.1. The molecule has 5 nitrogen and oxygen atoms in total. The smallest absolute Gasteiger partial charge is 0.415 e. The van der Waals surface area contributed by atoms with E-state index in [0.717, 1.165) is 0 Å². The van der Waals surface area contributed by atoms with E-state index in [9.17, 15) is 18.0 Å². The Hall–Kier alpha value is -1.67. The van der Waals surface area contributed by atoms with Crippen molar-refractivity contribution >= 4 is 5.97 Å². The summed E-state index contributed by atoms with van der Waals surface area (Å²) in [4.78, 5) is 15.0. The number of pyridine rings is 1. The number of aliphatic hydroxyl groups is 1. The summed E-state index contributed by atoms with van der Waals surface area (Å²) in [5.74, 6) is -0.542. The lowest BCUT2D eigenvalue weighted by molar-refractivity contribution is -0.201. The number of alkyl halides is 3. The highest BCUT2D eigenvalue weighted by Gasteiger charge is 2.37. The predicted molar refractivity (Wildman–Crippen MR) is 59.3 cm³/mol. The minimum absolute atomic E-state index is 0.0502. The Morgan fingerprint density at radius 2 is 2.21 bits per heavy atom. The number of halogens is 3. The molecule has 19 heavy (non-hydrogen) atoms. The van der Waals surface area contributed by atoms with E-state index in [2.05, 4.69) is 15.0 Å². The van der Waals surface area contributed by atoms with E-state index in [4.69, 9.17) is 5.11 Å². The summed E-state index contributed by atoms with van der Waals surface area (Å²) in [6, 6.07) is 2.94. The second-order valence-corrected chi connectivity index (χ2v) is 3.72. The molecule has 2 N–H and O–H groups in total. The van der Waals surface area contributed by atoms with E-state index in [0.29, 0.717) is 5.69 Å². The molecule has 0 fully saturated rings. The van der Waals surface area contributed by atoms with Gasteiger partial charge in [-0.25, -0.2) is 4.79 Å². The van der Waals surface area contributed by atoms with Crippen LogP contribution < -0.4 is 5.32 Å². The maximum absolute atomic E-state index is 12.0. The minimum Gasteiger partial charge on any atom is -0.465 e. The molecule has 106 valence electrons. The number of methoxy groups -OCH3 is 1. The molecule has 1 aromatic heterocycles. The number of rotatable bonds is 5. The summed E-state index contributed by atoms with van der Waals surface area (Å²) in [6.07, 6.45) is -5.79. The van der Waals surface area contributed by atoms with Crippen molar-refractivity contribution in [2.45, 2.75) is 18.8 Å². The number of carbonyl (C=O) groups is 1. The van der Waals surface area contributed by atoms with Gasteiger partial charge < -0.3 is 15.2 Å². The Balaban J connectivity index is 2.45. The molecule has 0 bridgehead atoms. The number of carbonyl (C=O) groups excluding carboxylic acids is 1. The Bertz CT molecular complexity index is 420. The van der Waals surface area contributed by atoms with Crippen LogP contribution in [0.4, 0.5) is 13.2 Å². The van der Waals surface area contributed by atoms with Crippen LogP contribution in [0.2, 0.25) is 0 Å². The number of ether oxygens (including phenoxy) is 1. The second-order valence-electron chi connectivity index (χ2n) is 3.72. The first-order valence-electron chi connectivity index (χ1n) is 5.33. The molecule has 0 amide bonds. The van der Waals surface area contributed by atoms with Gasteiger partial charge in [-0.05, 0) is 12.1 Å². The molecule has 1 atom stereocenters. The van der Waals surface area contributed by atoms with Crippen molar-refractivity contribution in [2.24, 2.45) is 0 Å². The van der Waals surface area contributed by atoms with Gasteiger partial charge >= 0.3 is 12.1 Å². The van der Waals surface area contributed by atoms with Gasteiger partial charge in [0.25, 0.3) is 0 Å². The fourth-order valence-corrected chi connectivity index (χ4v) is 1.22. The van der Waals surface area contributed by atoms with Crippen LogP contribution in [0.5, 0.6) is 0 Å². The van der Waals surface area contributed by atoms with Crippen molar-refractivity contribution in [1.29, 1.82) is 0 Å². The molecule has 8 heteroatoms. The summed E-state index contributed by atoms with van der Waals surface area (Å²) in [5, 5.41) is 11.2. The minimum atomic E-state index is -4.64. The number of hydrogen-bond acceptors (Lipinski definition) is 5. The van der Waals surface area contributed by atoms with Crippen molar-refractivity contribution in [3.63, 3.8) is 0 Å². The zero-order valence-electron chi connectivity index (χ0n) is 10.1. The quantitative estimate of drug-likeness (QED) is 0.782. The molecule has 0 saturated heterocycles. The van der Waals surface area contributed by atoms with Gasteiger partial charge in [0.05, 0.1) is 18.4 Å². The van der Waals surface area contributed by atoms with Crippen molar-refractivity contribution in [3.05, 3.63) is 29.6 Å². The van der Waals surface area contributed by atoms with Crippen LogP contribution in [0, 0.1) is 0 Å². The molecule has 0 saturated carbocycles. The summed E-state index contributed by atoms with van der Waals surface area (Å²) >= 11 is 0. The van der Waals surface area contributed by atoms with E-state index < -0.39 is 24.8 Å². The first kappa shape index (κ1) is 15.4. The number of nitrogens with one attached hydrogen (secondary N) is 1. The van der Waals surface area contributed by atoms with Crippen LogP contribution in [-0.2, 0) is 11.3 Å². The Morgan fingerprint density at radius 3 is 2.68 bits per heavy atom. The first-order chi connectivity index (χ1) is 8.84. The van der Waals surface area contributed by atoms with Gasteiger partial charge in [-0.3, -0.25) is 4.98 Å². The molecule has 1 unspecified atom stereocenters. The Labute approximate surface area is 107 Å². The third-order valence-corrected chi connectivity index (χ3v) is 2.27. The largest absolute Gasteiger partial charge is 0.465 e. The zero-order chi connectivity index (χ0) is 14.5.